The van der Waals surface area contributed by atoms with Gasteiger partial charge in [0.25, 0.3) is 0 Å². The first-order valence-electron chi connectivity index (χ1n) is 5.24. The Labute approximate surface area is 99.3 Å². The molecule has 1 rings (SSSR count). The normalized spacial score (nSPS) is 10.5. The van der Waals surface area contributed by atoms with Crippen molar-refractivity contribution in [2.75, 3.05) is 24.2 Å². The molecule has 0 aliphatic rings. The van der Waals surface area contributed by atoms with Crippen molar-refractivity contribution in [2.45, 2.75) is 25.5 Å². The summed E-state index contributed by atoms with van der Waals surface area (Å²) in [6, 6.07) is 0. The minimum Gasteiger partial charge on any atom is -0.396 e. The molecule has 0 saturated carbocycles. The average molecular weight is 246 g/mol. The first-order valence-corrected chi connectivity index (χ1v) is 7.21. The molecule has 0 aliphatic carbocycles. The fraction of sp³-hybridized carbons (Fsp3) is 0.700. The topological polar surface area (TPSA) is 45.2 Å². The molecule has 0 atom stereocenters. The van der Waals surface area contributed by atoms with E-state index in [1.165, 1.54) is 4.88 Å². The molecule has 3 nitrogen and oxygen atoms in total. The largest absolute Gasteiger partial charge is 0.396 e. The van der Waals surface area contributed by atoms with E-state index in [1.54, 1.807) is 11.3 Å². The number of hydrogen-bond acceptors (Lipinski definition) is 5. The molecule has 86 valence electrons. The summed E-state index contributed by atoms with van der Waals surface area (Å²) in [5.41, 5.74) is 0. The van der Waals surface area contributed by atoms with E-state index < -0.39 is 0 Å². The zero-order chi connectivity index (χ0) is 10.9. The maximum atomic E-state index is 8.63. The molecule has 15 heavy (non-hydrogen) atoms. The van der Waals surface area contributed by atoms with Crippen LogP contribution in [0.25, 0.3) is 0 Å². The first kappa shape index (κ1) is 12.8. The third-order valence-electron chi connectivity index (χ3n) is 1.77. The van der Waals surface area contributed by atoms with Crippen LogP contribution in [0.1, 0.15) is 24.6 Å². The maximum absolute atomic E-state index is 8.63. The molecule has 5 heteroatoms. The van der Waals surface area contributed by atoms with Crippen molar-refractivity contribution in [1.29, 1.82) is 0 Å². The van der Waals surface area contributed by atoms with E-state index in [-0.39, 0.29) is 0 Å². The van der Waals surface area contributed by atoms with Gasteiger partial charge in [0.1, 0.15) is 0 Å². The van der Waals surface area contributed by atoms with Gasteiger partial charge in [0.2, 0.25) is 0 Å². The molecule has 1 heterocycles. The van der Waals surface area contributed by atoms with Crippen LogP contribution in [0.15, 0.2) is 6.20 Å². The number of thioether (sulfide) groups is 1. The molecule has 1 aromatic rings. The number of nitrogens with zero attached hydrogens (tertiary/aromatic N) is 1. The molecular weight excluding hydrogens is 228 g/mol. The second-order valence-electron chi connectivity index (χ2n) is 3.19. The van der Waals surface area contributed by atoms with Crippen LogP contribution in [-0.2, 0) is 5.75 Å². The van der Waals surface area contributed by atoms with Gasteiger partial charge < -0.3 is 10.4 Å². The van der Waals surface area contributed by atoms with Crippen molar-refractivity contribution in [2.24, 2.45) is 0 Å². The first-order chi connectivity index (χ1) is 7.36. The van der Waals surface area contributed by atoms with Crippen LogP contribution in [0.5, 0.6) is 0 Å². The summed E-state index contributed by atoms with van der Waals surface area (Å²) in [5, 5.41) is 12.9. The number of aliphatic hydroxyl groups excluding tert-OH is 1. The molecular formula is C10H18N2OS2. The fourth-order valence-electron chi connectivity index (χ4n) is 1.03. The second-order valence-corrected chi connectivity index (χ2v) is 5.41. The van der Waals surface area contributed by atoms with E-state index in [0.717, 1.165) is 36.0 Å². The summed E-state index contributed by atoms with van der Waals surface area (Å²) in [6.07, 6.45) is 3.94. The summed E-state index contributed by atoms with van der Waals surface area (Å²) < 4.78 is 0. The number of thiazole rings is 1. The molecule has 0 fully saturated rings. The van der Waals surface area contributed by atoms with E-state index in [0.29, 0.717) is 6.61 Å². The lowest BCUT2D eigenvalue weighted by atomic mass is 10.5. The Morgan fingerprint density at radius 2 is 2.47 bits per heavy atom. The SMILES string of the molecule is CCCNc1ncc(CSCCCO)s1. The molecule has 0 unspecified atom stereocenters. The van der Waals surface area contributed by atoms with Gasteiger partial charge in [0.15, 0.2) is 5.13 Å². The third-order valence-corrected chi connectivity index (χ3v) is 4.00. The molecule has 0 radical (unpaired) electrons. The highest BCUT2D eigenvalue weighted by Crippen LogP contribution is 2.22. The summed E-state index contributed by atoms with van der Waals surface area (Å²) in [6.45, 7) is 3.43. The Morgan fingerprint density at radius 1 is 1.60 bits per heavy atom. The lowest BCUT2D eigenvalue weighted by Crippen LogP contribution is -1.97. The lowest BCUT2D eigenvalue weighted by molar-refractivity contribution is 0.296. The Morgan fingerprint density at radius 3 is 3.20 bits per heavy atom. The van der Waals surface area contributed by atoms with Gasteiger partial charge in [-0.1, -0.05) is 6.92 Å². The van der Waals surface area contributed by atoms with Gasteiger partial charge in [-0.2, -0.15) is 11.8 Å². The minimum absolute atomic E-state index is 0.291. The molecule has 0 aromatic carbocycles. The quantitative estimate of drug-likeness (QED) is 0.692. The number of anilines is 1. The molecule has 0 amide bonds. The standard InChI is InChI=1S/C10H18N2OS2/c1-2-4-11-10-12-7-9(15-10)8-14-6-3-5-13/h7,13H,2-6,8H2,1H3,(H,11,12). The fourth-order valence-corrected chi connectivity index (χ4v) is 2.90. The van der Waals surface area contributed by atoms with Gasteiger partial charge in [-0.25, -0.2) is 4.98 Å². The van der Waals surface area contributed by atoms with Crippen molar-refractivity contribution in [3.63, 3.8) is 0 Å². The van der Waals surface area contributed by atoms with Crippen LogP contribution in [0.3, 0.4) is 0 Å². The molecule has 0 aliphatic heterocycles. The Bertz CT molecular complexity index is 266. The predicted molar refractivity (Wildman–Crippen MR) is 68.8 cm³/mol. The Kier molecular flexibility index (Phi) is 6.80. The van der Waals surface area contributed by atoms with Gasteiger partial charge >= 0.3 is 0 Å². The predicted octanol–water partition coefficient (Wildman–Crippen LogP) is 2.58. The Hall–Kier alpha value is -0.260. The van der Waals surface area contributed by atoms with Crippen molar-refractivity contribution in [3.8, 4) is 0 Å². The molecule has 0 saturated heterocycles. The highest BCUT2D eigenvalue weighted by atomic mass is 32.2. The van der Waals surface area contributed by atoms with Gasteiger partial charge in [0, 0.05) is 30.0 Å². The maximum Gasteiger partial charge on any atom is 0.182 e. The monoisotopic (exact) mass is 246 g/mol. The van der Waals surface area contributed by atoms with Crippen LogP contribution in [0.4, 0.5) is 5.13 Å². The van der Waals surface area contributed by atoms with Crippen LogP contribution >= 0.6 is 23.1 Å². The minimum atomic E-state index is 0.291. The number of nitrogens with one attached hydrogen (secondary N) is 1. The zero-order valence-electron chi connectivity index (χ0n) is 9.03. The summed E-state index contributed by atoms with van der Waals surface area (Å²) in [5.74, 6) is 2.03. The smallest absolute Gasteiger partial charge is 0.182 e. The number of aliphatic hydroxyl groups is 1. The number of hydrogen-bond donors (Lipinski definition) is 2. The van der Waals surface area contributed by atoms with E-state index >= 15 is 0 Å². The summed E-state index contributed by atoms with van der Waals surface area (Å²) >= 11 is 3.58. The van der Waals surface area contributed by atoms with Gasteiger partial charge in [-0.15, -0.1) is 11.3 Å². The second kappa shape index (κ2) is 7.96. The molecule has 0 spiro atoms. The number of aromatic nitrogens is 1. The van der Waals surface area contributed by atoms with E-state index in [1.807, 2.05) is 18.0 Å². The van der Waals surface area contributed by atoms with Crippen molar-refractivity contribution >= 4 is 28.2 Å². The molecule has 2 N–H and O–H groups in total. The highest BCUT2D eigenvalue weighted by Gasteiger charge is 2.00. The van der Waals surface area contributed by atoms with Crippen LogP contribution in [0, 0.1) is 0 Å². The highest BCUT2D eigenvalue weighted by molar-refractivity contribution is 7.98. The van der Waals surface area contributed by atoms with E-state index in [4.69, 9.17) is 5.11 Å². The summed E-state index contributed by atoms with van der Waals surface area (Å²) in [4.78, 5) is 5.60. The van der Waals surface area contributed by atoms with Crippen LogP contribution in [-0.4, -0.2) is 29.0 Å². The molecule has 1 aromatic heterocycles. The van der Waals surface area contributed by atoms with Crippen LogP contribution < -0.4 is 5.32 Å². The van der Waals surface area contributed by atoms with Crippen LogP contribution in [0.2, 0.25) is 0 Å². The zero-order valence-corrected chi connectivity index (χ0v) is 10.7. The van der Waals surface area contributed by atoms with Gasteiger partial charge in [0.05, 0.1) is 0 Å². The summed E-state index contributed by atoms with van der Waals surface area (Å²) in [7, 11) is 0. The lowest BCUT2D eigenvalue weighted by Gasteiger charge is -1.97. The molecule has 0 bridgehead atoms. The van der Waals surface area contributed by atoms with E-state index in [9.17, 15) is 0 Å². The number of rotatable bonds is 8. The van der Waals surface area contributed by atoms with Gasteiger partial charge in [-0.05, 0) is 18.6 Å². The van der Waals surface area contributed by atoms with Gasteiger partial charge in [-0.3, -0.25) is 0 Å². The van der Waals surface area contributed by atoms with Crippen molar-refractivity contribution < 1.29 is 5.11 Å². The van der Waals surface area contributed by atoms with Crippen molar-refractivity contribution in [1.82, 2.24) is 4.98 Å². The Balaban J connectivity index is 2.20. The average Bonchev–Trinajstić information content (AvgIpc) is 2.69. The van der Waals surface area contributed by atoms with E-state index in [2.05, 4.69) is 17.2 Å². The third kappa shape index (κ3) is 5.39. The van der Waals surface area contributed by atoms with Crippen molar-refractivity contribution in [3.05, 3.63) is 11.1 Å².